The van der Waals surface area contributed by atoms with E-state index in [1.54, 1.807) is 12.1 Å². The second kappa shape index (κ2) is 6.99. The molecule has 3 rings (SSSR count). The number of nitrogens with zero attached hydrogens (tertiary/aromatic N) is 3. The number of alkyl halides is 3. The lowest BCUT2D eigenvalue weighted by molar-refractivity contribution is -0.144. The minimum absolute atomic E-state index is 0.0933. The van der Waals surface area contributed by atoms with Gasteiger partial charge in [0.15, 0.2) is 0 Å². The van der Waals surface area contributed by atoms with Gasteiger partial charge >= 0.3 is 6.18 Å². The number of rotatable bonds is 3. The number of nitrogens with one attached hydrogen (secondary N) is 1. The van der Waals surface area contributed by atoms with Crippen molar-refractivity contribution in [1.82, 2.24) is 14.9 Å². The van der Waals surface area contributed by atoms with Gasteiger partial charge < -0.3 is 10.2 Å². The normalized spacial score (nSPS) is 19.6. The second-order valence-corrected chi connectivity index (χ2v) is 7.18. The quantitative estimate of drug-likeness (QED) is 0.714. The Kier molecular flexibility index (Phi) is 5.14. The van der Waals surface area contributed by atoms with E-state index >= 15 is 0 Å². The van der Waals surface area contributed by atoms with Crippen molar-refractivity contribution in [3.05, 3.63) is 27.6 Å². The fraction of sp³-hybridized carbons (Fsp3) is 0.500. The summed E-state index contributed by atoms with van der Waals surface area (Å²) in [5, 5.41) is 3.86. The van der Waals surface area contributed by atoms with E-state index in [1.165, 1.54) is 0 Å². The van der Waals surface area contributed by atoms with Crippen LogP contribution in [0.2, 0.25) is 0 Å². The average molecular weight is 450 g/mol. The van der Waals surface area contributed by atoms with E-state index in [0.29, 0.717) is 10.9 Å². The molecule has 24 heavy (non-hydrogen) atoms. The minimum Gasteiger partial charge on any atom is -0.365 e. The molecule has 4 nitrogen and oxygen atoms in total. The molecule has 1 aromatic heterocycles. The fourth-order valence-electron chi connectivity index (χ4n) is 2.99. The van der Waals surface area contributed by atoms with E-state index in [0.717, 1.165) is 36.0 Å². The van der Waals surface area contributed by atoms with Crippen LogP contribution in [0.1, 0.15) is 25.6 Å². The molecule has 0 aliphatic carbocycles. The van der Waals surface area contributed by atoms with E-state index in [9.17, 15) is 13.2 Å². The fourth-order valence-corrected chi connectivity index (χ4v) is 3.48. The summed E-state index contributed by atoms with van der Waals surface area (Å²) in [6.07, 6.45) is -2.61. The summed E-state index contributed by atoms with van der Waals surface area (Å²) >= 11 is 2.14. The molecule has 1 N–H and O–H groups in total. The molecule has 1 aliphatic rings. The van der Waals surface area contributed by atoms with E-state index in [1.807, 2.05) is 6.07 Å². The minimum atomic E-state index is -4.56. The van der Waals surface area contributed by atoms with Crippen LogP contribution in [0.4, 0.5) is 19.0 Å². The van der Waals surface area contributed by atoms with Gasteiger partial charge in [0.2, 0.25) is 5.82 Å². The molecule has 0 bridgehead atoms. The molecular formula is C16H18F3IN4. The second-order valence-electron chi connectivity index (χ2n) is 5.93. The first-order valence-electron chi connectivity index (χ1n) is 7.90. The Morgan fingerprint density at radius 1 is 1.33 bits per heavy atom. The van der Waals surface area contributed by atoms with Gasteiger partial charge in [0, 0.05) is 21.5 Å². The maximum absolute atomic E-state index is 13.1. The molecule has 1 aromatic carbocycles. The highest BCUT2D eigenvalue weighted by Gasteiger charge is 2.36. The zero-order chi connectivity index (χ0) is 17.3. The highest BCUT2D eigenvalue weighted by molar-refractivity contribution is 14.1. The van der Waals surface area contributed by atoms with Gasteiger partial charge in [-0.05, 0) is 66.7 Å². The molecule has 2 heterocycles. The molecular weight excluding hydrogens is 432 g/mol. The molecule has 2 aromatic rings. The topological polar surface area (TPSA) is 41.0 Å². The molecule has 1 unspecified atom stereocenters. The number of hydrogen-bond acceptors (Lipinski definition) is 4. The lowest BCUT2D eigenvalue weighted by Crippen LogP contribution is -2.42. The Labute approximate surface area is 152 Å². The zero-order valence-corrected chi connectivity index (χ0v) is 15.4. The standard InChI is InChI=1S/C16H18F3IN4/c1-2-24-7-3-4-11(9-24)21-14-12-8-10(20)5-6-13(12)22-15(23-14)16(17,18)19/h5-6,8,11H,2-4,7,9H2,1H3,(H,21,22,23). The van der Waals surface area contributed by atoms with Crippen molar-refractivity contribution >= 4 is 39.3 Å². The van der Waals surface area contributed by atoms with Crippen LogP contribution in [0, 0.1) is 3.57 Å². The third kappa shape index (κ3) is 3.90. The molecule has 1 fully saturated rings. The molecule has 1 saturated heterocycles. The number of piperidine rings is 1. The summed E-state index contributed by atoms with van der Waals surface area (Å²) < 4.78 is 40.3. The zero-order valence-electron chi connectivity index (χ0n) is 13.2. The van der Waals surface area contributed by atoms with Gasteiger partial charge in [0.25, 0.3) is 0 Å². The van der Waals surface area contributed by atoms with E-state index < -0.39 is 12.0 Å². The number of hydrogen-bond donors (Lipinski definition) is 1. The van der Waals surface area contributed by atoms with Crippen molar-refractivity contribution in [1.29, 1.82) is 0 Å². The maximum atomic E-state index is 13.1. The van der Waals surface area contributed by atoms with Crippen molar-refractivity contribution in [2.75, 3.05) is 25.0 Å². The number of fused-ring (bicyclic) bond motifs is 1. The third-order valence-corrected chi connectivity index (χ3v) is 4.88. The molecule has 0 spiro atoms. The van der Waals surface area contributed by atoms with Crippen LogP contribution < -0.4 is 5.32 Å². The van der Waals surface area contributed by atoms with Crippen LogP contribution in [0.25, 0.3) is 10.9 Å². The number of anilines is 1. The molecule has 0 saturated carbocycles. The van der Waals surface area contributed by atoms with Crippen LogP contribution in [0.5, 0.6) is 0 Å². The first-order valence-corrected chi connectivity index (χ1v) is 8.98. The lowest BCUT2D eigenvalue weighted by Gasteiger charge is -2.32. The largest absolute Gasteiger partial charge is 0.451 e. The van der Waals surface area contributed by atoms with Gasteiger partial charge in [0.1, 0.15) is 5.82 Å². The highest BCUT2D eigenvalue weighted by Crippen LogP contribution is 2.31. The van der Waals surface area contributed by atoms with Crippen molar-refractivity contribution < 1.29 is 13.2 Å². The smallest absolute Gasteiger partial charge is 0.365 e. The summed E-state index contributed by atoms with van der Waals surface area (Å²) in [7, 11) is 0. The van der Waals surface area contributed by atoms with Gasteiger partial charge in [-0.1, -0.05) is 6.92 Å². The number of halogens is 4. The van der Waals surface area contributed by atoms with Gasteiger partial charge in [-0.15, -0.1) is 0 Å². The van der Waals surface area contributed by atoms with E-state index in [4.69, 9.17) is 0 Å². The van der Waals surface area contributed by atoms with Gasteiger partial charge in [-0.2, -0.15) is 13.2 Å². The van der Waals surface area contributed by atoms with E-state index in [2.05, 4.69) is 49.7 Å². The monoisotopic (exact) mass is 450 g/mol. The molecule has 1 atom stereocenters. The highest BCUT2D eigenvalue weighted by atomic mass is 127. The summed E-state index contributed by atoms with van der Waals surface area (Å²) in [6.45, 7) is 4.87. The predicted octanol–water partition coefficient (Wildman–Crippen LogP) is 4.15. The summed E-state index contributed by atoms with van der Waals surface area (Å²) in [6, 6.07) is 5.27. The average Bonchev–Trinajstić information content (AvgIpc) is 2.54. The Balaban J connectivity index is 1.99. The lowest BCUT2D eigenvalue weighted by atomic mass is 10.1. The Morgan fingerprint density at radius 2 is 2.12 bits per heavy atom. The first-order chi connectivity index (χ1) is 11.4. The summed E-state index contributed by atoms with van der Waals surface area (Å²) in [4.78, 5) is 9.76. The number of aromatic nitrogens is 2. The third-order valence-electron chi connectivity index (χ3n) is 4.20. The SMILES string of the molecule is CCN1CCCC(Nc2nc(C(F)(F)F)nc3ccc(I)cc23)C1. The first kappa shape index (κ1) is 17.7. The van der Waals surface area contributed by atoms with Crippen LogP contribution in [0.15, 0.2) is 18.2 Å². The summed E-state index contributed by atoms with van der Waals surface area (Å²) in [5.74, 6) is -0.823. The van der Waals surface area contributed by atoms with E-state index in [-0.39, 0.29) is 11.9 Å². The Bertz CT molecular complexity index is 735. The predicted molar refractivity (Wildman–Crippen MR) is 96.0 cm³/mol. The number of likely N-dealkylation sites (tertiary alicyclic amines) is 1. The molecule has 130 valence electrons. The van der Waals surface area contributed by atoms with Crippen molar-refractivity contribution in [2.24, 2.45) is 0 Å². The van der Waals surface area contributed by atoms with Crippen LogP contribution in [-0.4, -0.2) is 40.5 Å². The van der Waals surface area contributed by atoms with Crippen molar-refractivity contribution in [3.8, 4) is 0 Å². The molecule has 8 heteroatoms. The molecule has 0 radical (unpaired) electrons. The van der Waals surface area contributed by atoms with Gasteiger partial charge in [-0.3, -0.25) is 0 Å². The maximum Gasteiger partial charge on any atom is 0.451 e. The molecule has 0 amide bonds. The van der Waals surface area contributed by atoms with Crippen LogP contribution in [-0.2, 0) is 6.18 Å². The van der Waals surface area contributed by atoms with Gasteiger partial charge in [0.05, 0.1) is 5.52 Å². The molecule has 1 aliphatic heterocycles. The Hall–Kier alpha value is -1.16. The van der Waals surface area contributed by atoms with Crippen LogP contribution >= 0.6 is 22.6 Å². The van der Waals surface area contributed by atoms with Crippen molar-refractivity contribution in [2.45, 2.75) is 32.0 Å². The number of benzene rings is 1. The van der Waals surface area contributed by atoms with Gasteiger partial charge in [-0.25, -0.2) is 9.97 Å². The van der Waals surface area contributed by atoms with Crippen LogP contribution in [0.3, 0.4) is 0 Å². The summed E-state index contributed by atoms with van der Waals surface area (Å²) in [5.41, 5.74) is 0.309. The Morgan fingerprint density at radius 3 is 2.83 bits per heavy atom. The van der Waals surface area contributed by atoms with Crippen molar-refractivity contribution in [3.63, 3.8) is 0 Å². The number of likely N-dealkylation sites (N-methyl/N-ethyl adjacent to an activating group) is 1.